The lowest BCUT2D eigenvalue weighted by Gasteiger charge is -2.10. The summed E-state index contributed by atoms with van der Waals surface area (Å²) >= 11 is 0. The minimum absolute atomic E-state index is 0.135. The first-order valence-electron chi connectivity index (χ1n) is 6.43. The van der Waals surface area contributed by atoms with E-state index >= 15 is 0 Å². The number of carbonyl (C=O) groups is 1. The van der Waals surface area contributed by atoms with Crippen molar-refractivity contribution in [3.05, 3.63) is 81.4 Å². The third kappa shape index (κ3) is 3.82. The Morgan fingerprint density at radius 3 is 2.30 bits per heavy atom. The molecule has 118 valence electrons. The van der Waals surface area contributed by atoms with Gasteiger partial charge >= 0.3 is 6.18 Å². The molecule has 0 fully saturated rings. The monoisotopic (exact) mass is 321 g/mol. The van der Waals surface area contributed by atoms with Crippen molar-refractivity contribution in [1.29, 1.82) is 0 Å². The zero-order valence-corrected chi connectivity index (χ0v) is 11.6. The molecule has 0 aliphatic rings. The molecule has 0 aromatic heterocycles. The van der Waals surface area contributed by atoms with E-state index in [9.17, 15) is 28.1 Å². The van der Waals surface area contributed by atoms with Crippen molar-refractivity contribution in [2.45, 2.75) is 6.18 Å². The van der Waals surface area contributed by atoms with E-state index < -0.39 is 28.0 Å². The summed E-state index contributed by atoms with van der Waals surface area (Å²) in [5, 5.41) is 10.9. The Morgan fingerprint density at radius 1 is 1.04 bits per heavy atom. The number of allylic oxidation sites excluding steroid dienone is 1. The van der Waals surface area contributed by atoms with Crippen molar-refractivity contribution in [3.8, 4) is 0 Å². The fourth-order valence-corrected chi connectivity index (χ4v) is 2.00. The highest BCUT2D eigenvalue weighted by Crippen LogP contribution is 2.32. The fraction of sp³-hybridized carbons (Fsp3) is 0.0625. The Hall–Kier alpha value is -2.96. The van der Waals surface area contributed by atoms with Crippen LogP contribution in [0.4, 0.5) is 18.9 Å². The predicted octanol–water partition coefficient (Wildman–Crippen LogP) is 4.51. The second-order valence-corrected chi connectivity index (χ2v) is 4.56. The standard InChI is InChI=1S/C16H10F3NO3/c17-16(18,19)13-7-3-2-6-12(13)15(21)10-9-11-5-1-4-8-14(11)20(22)23/h1-10H/b10-9+. The van der Waals surface area contributed by atoms with E-state index in [1.54, 1.807) is 0 Å². The maximum atomic E-state index is 12.9. The number of alkyl halides is 3. The Balaban J connectivity index is 2.36. The number of para-hydroxylation sites is 1. The summed E-state index contributed by atoms with van der Waals surface area (Å²) in [6.07, 6.45) is -2.63. The van der Waals surface area contributed by atoms with Crippen LogP contribution in [0.15, 0.2) is 54.6 Å². The average molecular weight is 321 g/mol. The molecule has 0 radical (unpaired) electrons. The maximum absolute atomic E-state index is 12.9. The number of nitro benzene ring substituents is 1. The molecule has 0 bridgehead atoms. The molecule has 0 aliphatic carbocycles. The summed E-state index contributed by atoms with van der Waals surface area (Å²) in [7, 11) is 0. The molecular formula is C16H10F3NO3. The van der Waals surface area contributed by atoms with Gasteiger partial charge in [-0.05, 0) is 24.3 Å². The van der Waals surface area contributed by atoms with Gasteiger partial charge in [0.25, 0.3) is 5.69 Å². The number of carbonyl (C=O) groups excluding carboxylic acids is 1. The zero-order chi connectivity index (χ0) is 17.0. The molecule has 0 saturated heterocycles. The first kappa shape index (κ1) is 16.4. The number of ketones is 1. The minimum Gasteiger partial charge on any atom is -0.289 e. The van der Waals surface area contributed by atoms with Crippen LogP contribution in [0.5, 0.6) is 0 Å². The van der Waals surface area contributed by atoms with Crippen LogP contribution in [-0.4, -0.2) is 10.7 Å². The van der Waals surface area contributed by atoms with E-state index in [0.29, 0.717) is 0 Å². The Labute approximate surface area is 129 Å². The van der Waals surface area contributed by atoms with E-state index in [-0.39, 0.29) is 11.3 Å². The number of hydrogen-bond donors (Lipinski definition) is 0. The van der Waals surface area contributed by atoms with Crippen LogP contribution in [0.1, 0.15) is 21.5 Å². The fourth-order valence-electron chi connectivity index (χ4n) is 2.00. The third-order valence-electron chi connectivity index (χ3n) is 3.05. The second kappa shape index (κ2) is 6.43. The summed E-state index contributed by atoms with van der Waals surface area (Å²) in [4.78, 5) is 22.2. The Morgan fingerprint density at radius 2 is 1.65 bits per heavy atom. The van der Waals surface area contributed by atoms with Gasteiger partial charge in [-0.2, -0.15) is 13.2 Å². The number of hydrogen-bond acceptors (Lipinski definition) is 3. The number of rotatable bonds is 4. The molecule has 2 aromatic rings. The molecule has 0 N–H and O–H groups in total. The molecule has 0 aliphatic heterocycles. The Bertz CT molecular complexity index is 782. The van der Waals surface area contributed by atoms with Crippen LogP contribution in [0.25, 0.3) is 6.08 Å². The van der Waals surface area contributed by atoms with Gasteiger partial charge in [0.2, 0.25) is 0 Å². The summed E-state index contributed by atoms with van der Waals surface area (Å²) in [6.45, 7) is 0. The maximum Gasteiger partial charge on any atom is 0.417 e. The molecule has 4 nitrogen and oxygen atoms in total. The van der Waals surface area contributed by atoms with E-state index in [2.05, 4.69) is 0 Å². The van der Waals surface area contributed by atoms with Crippen LogP contribution in [-0.2, 0) is 6.18 Å². The molecular weight excluding hydrogens is 311 g/mol. The van der Waals surface area contributed by atoms with Gasteiger partial charge in [0.1, 0.15) is 0 Å². The van der Waals surface area contributed by atoms with Crippen molar-refractivity contribution in [3.63, 3.8) is 0 Å². The van der Waals surface area contributed by atoms with Crippen molar-refractivity contribution in [2.75, 3.05) is 0 Å². The average Bonchev–Trinajstić information content (AvgIpc) is 2.52. The lowest BCUT2D eigenvalue weighted by atomic mass is 10.0. The molecule has 0 atom stereocenters. The zero-order valence-electron chi connectivity index (χ0n) is 11.6. The van der Waals surface area contributed by atoms with Crippen molar-refractivity contribution >= 4 is 17.5 Å². The summed E-state index contributed by atoms with van der Waals surface area (Å²) in [5.41, 5.74) is -1.65. The normalized spacial score (nSPS) is 11.6. The largest absolute Gasteiger partial charge is 0.417 e. The van der Waals surface area contributed by atoms with Gasteiger partial charge in [0.05, 0.1) is 16.1 Å². The lowest BCUT2D eigenvalue weighted by Crippen LogP contribution is -2.11. The van der Waals surface area contributed by atoms with Gasteiger partial charge in [-0.15, -0.1) is 0 Å². The molecule has 7 heteroatoms. The van der Waals surface area contributed by atoms with Crippen LogP contribution < -0.4 is 0 Å². The molecule has 0 heterocycles. The van der Waals surface area contributed by atoms with Gasteiger partial charge in [-0.1, -0.05) is 30.3 Å². The first-order chi connectivity index (χ1) is 10.8. The SMILES string of the molecule is O=C(/C=C/c1ccccc1[N+](=O)[O-])c1ccccc1C(F)(F)F. The predicted molar refractivity (Wildman–Crippen MR) is 77.9 cm³/mol. The summed E-state index contributed by atoms with van der Waals surface area (Å²) < 4.78 is 38.6. The first-order valence-corrected chi connectivity index (χ1v) is 6.43. The van der Waals surface area contributed by atoms with Crippen LogP contribution >= 0.6 is 0 Å². The summed E-state index contributed by atoms with van der Waals surface area (Å²) in [6, 6.07) is 10.0. The van der Waals surface area contributed by atoms with Crippen LogP contribution in [0.2, 0.25) is 0 Å². The topological polar surface area (TPSA) is 60.2 Å². The van der Waals surface area contributed by atoms with Crippen molar-refractivity contribution in [2.24, 2.45) is 0 Å². The summed E-state index contributed by atoms with van der Waals surface area (Å²) in [5.74, 6) is -0.879. The van der Waals surface area contributed by atoms with Gasteiger partial charge < -0.3 is 0 Å². The van der Waals surface area contributed by atoms with Gasteiger partial charge in [-0.3, -0.25) is 14.9 Å². The molecule has 0 saturated carbocycles. The molecule has 2 aromatic carbocycles. The van der Waals surface area contributed by atoms with Gasteiger partial charge in [-0.25, -0.2) is 0 Å². The van der Waals surface area contributed by atoms with E-state index in [0.717, 1.165) is 24.3 Å². The second-order valence-electron chi connectivity index (χ2n) is 4.56. The number of nitrogens with zero attached hydrogens (tertiary/aromatic N) is 1. The van der Waals surface area contributed by atoms with Gasteiger partial charge in [0.15, 0.2) is 5.78 Å². The highest BCUT2D eigenvalue weighted by Gasteiger charge is 2.34. The smallest absolute Gasteiger partial charge is 0.289 e. The van der Waals surface area contributed by atoms with Crippen LogP contribution in [0.3, 0.4) is 0 Å². The number of nitro groups is 1. The molecule has 0 spiro atoms. The highest BCUT2D eigenvalue weighted by atomic mass is 19.4. The molecule has 0 unspecified atom stereocenters. The van der Waals surface area contributed by atoms with E-state index in [4.69, 9.17) is 0 Å². The third-order valence-corrected chi connectivity index (χ3v) is 3.05. The molecule has 0 amide bonds. The Kier molecular flexibility index (Phi) is 4.59. The van der Waals surface area contributed by atoms with Gasteiger partial charge in [0, 0.05) is 11.6 Å². The highest BCUT2D eigenvalue weighted by molar-refractivity contribution is 6.08. The van der Waals surface area contributed by atoms with E-state index in [1.807, 2.05) is 0 Å². The van der Waals surface area contributed by atoms with Crippen molar-refractivity contribution in [1.82, 2.24) is 0 Å². The molecule has 23 heavy (non-hydrogen) atoms. The van der Waals surface area contributed by atoms with E-state index in [1.165, 1.54) is 36.4 Å². The number of benzene rings is 2. The molecule has 2 rings (SSSR count). The number of halogens is 3. The van der Waals surface area contributed by atoms with Crippen molar-refractivity contribution < 1.29 is 22.9 Å². The quantitative estimate of drug-likeness (QED) is 0.360. The van der Waals surface area contributed by atoms with Crippen LogP contribution in [0, 0.1) is 10.1 Å². The lowest BCUT2D eigenvalue weighted by molar-refractivity contribution is -0.385. The minimum atomic E-state index is -4.65.